The standard InChI is InChI=1S/C18H17N5O3/c1-3-26-18(25)16-12-21-23(13(16)2)15-6-4-14(5-7-15)17(24)22(10-8-19)11-9-20/h4-7,12H,3,10-11H2,1-2H3. The Hall–Kier alpha value is -3.65. The number of ether oxygens (including phenoxy) is 1. The van der Waals surface area contributed by atoms with Gasteiger partial charge in [-0.1, -0.05) is 0 Å². The van der Waals surface area contributed by atoms with Gasteiger partial charge in [0.15, 0.2) is 0 Å². The molecule has 1 amide bonds. The minimum absolute atomic E-state index is 0.157. The average molecular weight is 351 g/mol. The van der Waals surface area contributed by atoms with Crippen molar-refractivity contribution < 1.29 is 14.3 Å². The van der Waals surface area contributed by atoms with Gasteiger partial charge < -0.3 is 9.64 Å². The van der Waals surface area contributed by atoms with E-state index in [1.54, 1.807) is 42.8 Å². The Labute approximate surface area is 150 Å². The lowest BCUT2D eigenvalue weighted by Crippen LogP contribution is -2.31. The highest BCUT2D eigenvalue weighted by atomic mass is 16.5. The third-order valence-corrected chi connectivity index (χ3v) is 3.67. The van der Waals surface area contributed by atoms with Crippen molar-refractivity contribution in [2.75, 3.05) is 19.7 Å². The monoisotopic (exact) mass is 351 g/mol. The molecule has 2 aromatic rings. The smallest absolute Gasteiger partial charge is 0.341 e. The second-order valence-electron chi connectivity index (χ2n) is 5.30. The number of carbonyl (C=O) groups is 2. The van der Waals surface area contributed by atoms with Crippen LogP contribution in [-0.2, 0) is 4.74 Å². The highest BCUT2D eigenvalue weighted by Crippen LogP contribution is 2.16. The highest BCUT2D eigenvalue weighted by molar-refractivity contribution is 5.94. The van der Waals surface area contributed by atoms with Crippen LogP contribution in [0.3, 0.4) is 0 Å². The van der Waals surface area contributed by atoms with Crippen molar-refractivity contribution in [1.29, 1.82) is 10.5 Å². The van der Waals surface area contributed by atoms with Crippen molar-refractivity contribution in [2.24, 2.45) is 0 Å². The Kier molecular flexibility index (Phi) is 6.07. The van der Waals surface area contributed by atoms with Crippen molar-refractivity contribution in [3.63, 3.8) is 0 Å². The number of benzene rings is 1. The van der Waals surface area contributed by atoms with Crippen LogP contribution in [0, 0.1) is 29.6 Å². The summed E-state index contributed by atoms with van der Waals surface area (Å²) in [5.41, 5.74) is 2.02. The van der Waals surface area contributed by atoms with E-state index >= 15 is 0 Å². The van der Waals surface area contributed by atoms with Crippen LogP contribution in [0.15, 0.2) is 30.5 Å². The zero-order valence-electron chi connectivity index (χ0n) is 14.5. The van der Waals surface area contributed by atoms with Gasteiger partial charge in [0, 0.05) is 5.56 Å². The Morgan fingerprint density at radius 1 is 1.19 bits per heavy atom. The maximum atomic E-state index is 12.3. The summed E-state index contributed by atoms with van der Waals surface area (Å²) in [4.78, 5) is 25.4. The van der Waals surface area contributed by atoms with Gasteiger partial charge in [-0.2, -0.15) is 15.6 Å². The van der Waals surface area contributed by atoms with E-state index in [1.165, 1.54) is 6.20 Å². The molecule has 1 aromatic heterocycles. The number of nitriles is 2. The second-order valence-corrected chi connectivity index (χ2v) is 5.30. The molecule has 0 unspecified atom stereocenters. The van der Waals surface area contributed by atoms with E-state index in [2.05, 4.69) is 5.10 Å². The SMILES string of the molecule is CCOC(=O)c1cnn(-c2ccc(C(=O)N(CC#N)CC#N)cc2)c1C. The number of rotatable bonds is 6. The molecular weight excluding hydrogens is 334 g/mol. The van der Waals surface area contributed by atoms with Crippen LogP contribution in [0.5, 0.6) is 0 Å². The van der Waals surface area contributed by atoms with Crippen LogP contribution >= 0.6 is 0 Å². The summed E-state index contributed by atoms with van der Waals surface area (Å²) < 4.78 is 6.56. The molecule has 0 spiro atoms. The first-order chi connectivity index (χ1) is 12.5. The predicted molar refractivity (Wildman–Crippen MR) is 91.4 cm³/mol. The van der Waals surface area contributed by atoms with Gasteiger partial charge in [-0.05, 0) is 38.1 Å². The van der Waals surface area contributed by atoms with Crippen molar-refractivity contribution in [2.45, 2.75) is 13.8 Å². The van der Waals surface area contributed by atoms with Crippen LogP contribution in [0.2, 0.25) is 0 Å². The van der Waals surface area contributed by atoms with Gasteiger partial charge >= 0.3 is 5.97 Å². The molecule has 0 aliphatic carbocycles. The van der Waals surface area contributed by atoms with Gasteiger partial charge in [0.05, 0.1) is 36.3 Å². The molecular formula is C18H17N5O3. The molecule has 0 aliphatic heterocycles. The summed E-state index contributed by atoms with van der Waals surface area (Å²) in [5, 5.41) is 21.7. The molecule has 1 aromatic carbocycles. The number of hydrogen-bond donors (Lipinski definition) is 0. The van der Waals surface area contributed by atoms with E-state index < -0.39 is 11.9 Å². The van der Waals surface area contributed by atoms with Gasteiger partial charge in [0.1, 0.15) is 18.7 Å². The van der Waals surface area contributed by atoms with Crippen molar-refractivity contribution in [3.8, 4) is 17.8 Å². The molecule has 0 aliphatic rings. The Morgan fingerprint density at radius 3 is 2.35 bits per heavy atom. The van der Waals surface area contributed by atoms with Crippen LogP contribution in [0.1, 0.15) is 33.3 Å². The zero-order valence-corrected chi connectivity index (χ0v) is 14.5. The molecule has 0 N–H and O–H groups in total. The molecule has 0 atom stereocenters. The normalized spacial score (nSPS) is 9.85. The molecule has 1 heterocycles. The largest absolute Gasteiger partial charge is 0.462 e. The molecule has 132 valence electrons. The van der Waals surface area contributed by atoms with Crippen LogP contribution in [0.4, 0.5) is 0 Å². The quantitative estimate of drug-likeness (QED) is 0.580. The zero-order chi connectivity index (χ0) is 19.1. The molecule has 26 heavy (non-hydrogen) atoms. The summed E-state index contributed by atoms with van der Waals surface area (Å²) >= 11 is 0. The van der Waals surface area contributed by atoms with Gasteiger partial charge in [0.2, 0.25) is 0 Å². The molecule has 0 saturated carbocycles. The van der Waals surface area contributed by atoms with Gasteiger partial charge in [-0.15, -0.1) is 0 Å². The summed E-state index contributed by atoms with van der Waals surface area (Å²) in [5.74, 6) is -0.837. The number of nitrogens with zero attached hydrogens (tertiary/aromatic N) is 5. The minimum Gasteiger partial charge on any atom is -0.462 e. The summed E-state index contributed by atoms with van der Waals surface area (Å²) in [6, 6.07) is 10.3. The summed E-state index contributed by atoms with van der Waals surface area (Å²) in [7, 11) is 0. The Morgan fingerprint density at radius 2 is 1.81 bits per heavy atom. The first-order valence-electron chi connectivity index (χ1n) is 7.88. The summed E-state index contributed by atoms with van der Waals surface area (Å²) in [6.45, 7) is 3.45. The van der Waals surface area contributed by atoms with Crippen LogP contribution in [0.25, 0.3) is 5.69 Å². The van der Waals surface area contributed by atoms with E-state index in [0.717, 1.165) is 4.90 Å². The number of amides is 1. The van der Waals surface area contributed by atoms with E-state index in [9.17, 15) is 9.59 Å². The summed E-state index contributed by atoms with van der Waals surface area (Å²) in [6.07, 6.45) is 1.44. The lowest BCUT2D eigenvalue weighted by Gasteiger charge is -2.16. The minimum atomic E-state index is -0.438. The number of esters is 1. The average Bonchev–Trinajstić information content (AvgIpc) is 3.03. The lowest BCUT2D eigenvalue weighted by atomic mass is 10.1. The lowest BCUT2D eigenvalue weighted by molar-refractivity contribution is 0.0525. The number of aromatic nitrogens is 2. The number of hydrogen-bond acceptors (Lipinski definition) is 6. The van der Waals surface area contributed by atoms with Crippen molar-refractivity contribution in [3.05, 3.63) is 47.3 Å². The molecule has 2 rings (SSSR count). The molecule has 0 fully saturated rings. The van der Waals surface area contributed by atoms with E-state index in [1.807, 2.05) is 12.1 Å². The molecule has 0 bridgehead atoms. The van der Waals surface area contributed by atoms with E-state index in [0.29, 0.717) is 22.5 Å². The Balaban J connectivity index is 2.25. The molecule has 0 radical (unpaired) electrons. The second kappa shape index (κ2) is 8.45. The third kappa shape index (κ3) is 3.87. The Bertz CT molecular complexity index is 871. The first kappa shape index (κ1) is 18.7. The van der Waals surface area contributed by atoms with Gasteiger partial charge in [0.25, 0.3) is 5.91 Å². The fourth-order valence-electron chi connectivity index (χ4n) is 2.38. The maximum Gasteiger partial charge on any atom is 0.341 e. The third-order valence-electron chi connectivity index (χ3n) is 3.67. The fraction of sp³-hybridized carbons (Fsp3) is 0.278. The predicted octanol–water partition coefficient (Wildman–Crippen LogP) is 1.85. The maximum absolute atomic E-state index is 12.3. The van der Waals surface area contributed by atoms with E-state index in [-0.39, 0.29) is 19.7 Å². The van der Waals surface area contributed by atoms with Crippen LogP contribution in [-0.4, -0.2) is 46.3 Å². The van der Waals surface area contributed by atoms with Crippen molar-refractivity contribution in [1.82, 2.24) is 14.7 Å². The fourth-order valence-corrected chi connectivity index (χ4v) is 2.38. The highest BCUT2D eigenvalue weighted by Gasteiger charge is 2.18. The molecule has 8 heteroatoms. The van der Waals surface area contributed by atoms with Gasteiger partial charge in [-0.3, -0.25) is 4.79 Å². The van der Waals surface area contributed by atoms with Gasteiger partial charge in [-0.25, -0.2) is 9.48 Å². The van der Waals surface area contributed by atoms with Crippen LogP contribution < -0.4 is 0 Å². The molecule has 8 nitrogen and oxygen atoms in total. The molecule has 0 saturated heterocycles. The topological polar surface area (TPSA) is 112 Å². The van der Waals surface area contributed by atoms with Crippen molar-refractivity contribution >= 4 is 11.9 Å². The van der Waals surface area contributed by atoms with E-state index in [4.69, 9.17) is 15.3 Å². The number of carbonyl (C=O) groups excluding carboxylic acids is 2. The first-order valence-corrected chi connectivity index (χ1v) is 7.88.